The second kappa shape index (κ2) is 18.1. The number of rotatable bonds is 8. The summed E-state index contributed by atoms with van der Waals surface area (Å²) in [7, 11) is 6.15. The minimum Gasteiger partial charge on any atom is -0.469 e. The van der Waals surface area contributed by atoms with Crippen LogP contribution in [0.25, 0.3) is 45.1 Å². The van der Waals surface area contributed by atoms with Crippen LogP contribution in [0.2, 0.25) is 0 Å². The molecule has 0 saturated heterocycles. The average Bonchev–Trinajstić information content (AvgIpc) is 4.13. The van der Waals surface area contributed by atoms with Crippen molar-refractivity contribution in [2.24, 2.45) is 36.8 Å². The number of carbonyl (C=O) groups is 2. The lowest BCUT2D eigenvalue weighted by molar-refractivity contribution is -0.149. The molecule has 0 aromatic carbocycles. The van der Waals surface area contributed by atoms with Gasteiger partial charge in [0.05, 0.1) is 61.6 Å². The largest absolute Gasteiger partial charge is 0.469 e. The van der Waals surface area contributed by atoms with E-state index >= 15 is 0 Å². The van der Waals surface area contributed by atoms with Gasteiger partial charge in [0.2, 0.25) is 0 Å². The summed E-state index contributed by atoms with van der Waals surface area (Å²) < 4.78 is 70.7. The van der Waals surface area contributed by atoms with E-state index in [2.05, 4.69) is 50.7 Å². The van der Waals surface area contributed by atoms with Gasteiger partial charge >= 0.3 is 11.9 Å². The van der Waals surface area contributed by atoms with Crippen molar-refractivity contribution in [2.45, 2.75) is 102 Å². The lowest BCUT2D eigenvalue weighted by atomic mass is 9.64. The zero-order chi connectivity index (χ0) is 46.3. The summed E-state index contributed by atoms with van der Waals surface area (Å²) in [6.45, 7) is 0. The van der Waals surface area contributed by atoms with E-state index in [4.69, 9.17) is 9.47 Å². The highest BCUT2D eigenvalue weighted by Gasteiger charge is 2.51. The summed E-state index contributed by atoms with van der Waals surface area (Å²) >= 11 is 0. The molecule has 348 valence electrons. The topological polar surface area (TPSA) is 190 Å². The van der Waals surface area contributed by atoms with E-state index in [1.807, 2.05) is 0 Å². The quantitative estimate of drug-likeness (QED) is 0.110. The fourth-order valence-corrected chi connectivity index (χ4v) is 11.5. The zero-order valence-electron chi connectivity index (χ0n) is 37.3. The maximum atomic E-state index is 14.9. The van der Waals surface area contributed by atoms with Gasteiger partial charge in [-0.05, 0) is 74.3 Å². The summed E-state index contributed by atoms with van der Waals surface area (Å²) in [5, 5.41) is 16.2. The van der Waals surface area contributed by atoms with Crippen molar-refractivity contribution in [3.63, 3.8) is 0 Å². The molecule has 4 atom stereocenters. The molecule has 0 bridgehead atoms. The van der Waals surface area contributed by atoms with Crippen molar-refractivity contribution in [3.8, 4) is 23.0 Å². The number of esters is 2. The second-order valence-corrected chi connectivity index (χ2v) is 18.2. The number of methoxy groups -OCH3 is 2. The number of ether oxygens (including phenoxy) is 2. The average molecular weight is 913 g/mol. The monoisotopic (exact) mass is 912 g/mol. The molecule has 2 spiro atoms. The fraction of sp³-hybridized carbons (Fsp3) is 0.522. The van der Waals surface area contributed by atoms with Gasteiger partial charge in [-0.25, -0.2) is 56.8 Å². The first-order chi connectivity index (χ1) is 31.8. The number of hydrogen-bond donors (Lipinski definition) is 2. The van der Waals surface area contributed by atoms with E-state index in [9.17, 15) is 27.2 Å². The third-order valence-electron chi connectivity index (χ3n) is 14.5. The van der Waals surface area contributed by atoms with Crippen molar-refractivity contribution < 1.29 is 36.6 Å². The Morgan fingerprint density at radius 2 is 0.970 bits per heavy atom. The Kier molecular flexibility index (Phi) is 12.3. The molecule has 0 unspecified atom stereocenters. The molecule has 2 N–H and O–H groups in total. The molecule has 6 heterocycles. The molecule has 20 heteroatoms. The molecule has 6 aromatic heterocycles. The molecular weight excluding hydrogens is 861 g/mol. The normalized spacial score (nSPS) is 22.1. The summed E-state index contributed by atoms with van der Waals surface area (Å²) in [4.78, 5) is 50.5. The molecular formula is C46H52F4N12O4. The van der Waals surface area contributed by atoms with Crippen molar-refractivity contribution in [1.29, 1.82) is 0 Å². The molecule has 0 amide bonds. The number of aryl methyl sites for hydroxylation is 2. The predicted octanol–water partition coefficient (Wildman–Crippen LogP) is 8.04. The Labute approximate surface area is 377 Å². The molecule has 10 rings (SSSR count). The van der Waals surface area contributed by atoms with Crippen LogP contribution >= 0.6 is 0 Å². The summed E-state index contributed by atoms with van der Waals surface area (Å²) in [6.07, 6.45) is 17.8. The number of anilines is 2. The molecule has 0 radical (unpaired) electrons. The van der Waals surface area contributed by atoms with Crippen LogP contribution in [-0.4, -0.2) is 87.7 Å². The lowest BCUT2D eigenvalue weighted by Crippen LogP contribution is -2.50. The Morgan fingerprint density at radius 1 is 0.591 bits per heavy atom. The summed E-state index contributed by atoms with van der Waals surface area (Å²) in [5.41, 5.74) is 1.37. The highest BCUT2D eigenvalue weighted by molar-refractivity contribution is 5.90. The fourth-order valence-electron chi connectivity index (χ4n) is 11.5. The van der Waals surface area contributed by atoms with Gasteiger partial charge in [-0.15, -0.1) is 0 Å². The number of aromatic nitrogens is 10. The molecule has 4 saturated carbocycles. The van der Waals surface area contributed by atoms with E-state index in [1.54, 1.807) is 14.1 Å². The lowest BCUT2D eigenvalue weighted by Gasteiger charge is -2.45. The van der Waals surface area contributed by atoms with Crippen LogP contribution in [0.1, 0.15) is 89.9 Å². The molecule has 4 fully saturated rings. The van der Waals surface area contributed by atoms with Crippen LogP contribution in [0.5, 0.6) is 0 Å². The van der Waals surface area contributed by atoms with Crippen molar-refractivity contribution in [1.82, 2.24) is 49.5 Å². The minimum absolute atomic E-state index is 0.00948. The molecule has 0 aliphatic heterocycles. The molecule has 6 aromatic rings. The highest BCUT2D eigenvalue weighted by Crippen LogP contribution is 2.53. The van der Waals surface area contributed by atoms with Gasteiger partial charge in [-0.3, -0.25) is 9.59 Å². The van der Waals surface area contributed by atoms with Crippen LogP contribution in [0, 0.1) is 45.9 Å². The predicted molar refractivity (Wildman–Crippen MR) is 234 cm³/mol. The van der Waals surface area contributed by atoms with Crippen LogP contribution in [0.15, 0.2) is 36.9 Å². The zero-order valence-corrected chi connectivity index (χ0v) is 37.3. The second-order valence-electron chi connectivity index (χ2n) is 18.2. The number of hydrogen-bond acceptors (Lipinski definition) is 14. The first-order valence-corrected chi connectivity index (χ1v) is 22.5. The third-order valence-corrected chi connectivity index (χ3v) is 14.5. The van der Waals surface area contributed by atoms with Gasteiger partial charge in [0.25, 0.3) is 0 Å². The van der Waals surface area contributed by atoms with E-state index < -0.39 is 23.3 Å². The maximum Gasteiger partial charge on any atom is 0.310 e. The first kappa shape index (κ1) is 44.8. The van der Waals surface area contributed by atoms with Crippen LogP contribution in [0.4, 0.5) is 29.2 Å². The first-order valence-electron chi connectivity index (χ1n) is 22.5. The van der Waals surface area contributed by atoms with Crippen molar-refractivity contribution in [2.75, 3.05) is 24.9 Å². The van der Waals surface area contributed by atoms with Gasteiger partial charge in [0, 0.05) is 26.2 Å². The Morgan fingerprint density at radius 3 is 1.35 bits per heavy atom. The number of halogens is 4. The smallest absolute Gasteiger partial charge is 0.310 e. The minimum atomic E-state index is -0.620. The Hall–Kier alpha value is -6.34. The van der Waals surface area contributed by atoms with Crippen molar-refractivity contribution in [3.05, 3.63) is 60.2 Å². The molecule has 4 aliphatic carbocycles. The summed E-state index contributed by atoms with van der Waals surface area (Å²) in [5.74, 6) is -3.27. The Bertz CT molecular complexity index is 2600. The van der Waals surface area contributed by atoms with Gasteiger partial charge in [-0.1, -0.05) is 38.5 Å². The van der Waals surface area contributed by atoms with Gasteiger partial charge in [0.15, 0.2) is 46.2 Å². The van der Waals surface area contributed by atoms with Gasteiger partial charge < -0.3 is 20.1 Å². The SMILES string of the molecule is COC(=O)[C@@H]1CCCC2(CCCC2)[C@H]1Nc1nc(-c2nn(C)c3ncc(F)cc23)ncc1F.COC(=O)[C@H]1CCCC2(CCCC2)[C@@H]1Nc1nc(-c2nn(C)c3ncc(F)cc23)ncc1F. The van der Waals surface area contributed by atoms with E-state index in [0.29, 0.717) is 46.3 Å². The number of pyridine rings is 2. The third kappa shape index (κ3) is 8.26. The van der Waals surface area contributed by atoms with E-state index in [1.165, 1.54) is 35.7 Å². The van der Waals surface area contributed by atoms with Crippen molar-refractivity contribution >= 4 is 45.6 Å². The van der Waals surface area contributed by atoms with Crippen LogP contribution < -0.4 is 10.6 Å². The molecule has 66 heavy (non-hydrogen) atoms. The number of fused-ring (bicyclic) bond motifs is 2. The van der Waals surface area contributed by atoms with Crippen LogP contribution in [-0.2, 0) is 33.2 Å². The molecule has 4 aliphatic rings. The highest BCUT2D eigenvalue weighted by atomic mass is 19.1. The van der Waals surface area contributed by atoms with Gasteiger partial charge in [0.1, 0.15) is 23.0 Å². The molecule has 16 nitrogen and oxygen atoms in total. The van der Waals surface area contributed by atoms with E-state index in [0.717, 1.165) is 102 Å². The van der Waals surface area contributed by atoms with E-state index in [-0.39, 0.29) is 70.0 Å². The Balaban J connectivity index is 0.000000166. The standard InChI is InChI=1S/2C23H26F2N6O2/c2*1-31-21-15(10-13(24)11-27-21)17(30-31)20-26-12-16(25)19(29-20)28-18-14(22(32)33-2)6-5-9-23(18)7-3-4-8-23/h2*10-12,14,18H,3-9H2,1-2H3,(H,26,28,29)/t2*14-,18+/m10/s1. The maximum absolute atomic E-state index is 14.9. The van der Waals surface area contributed by atoms with Gasteiger partial charge in [-0.2, -0.15) is 10.2 Å². The van der Waals surface area contributed by atoms with Crippen LogP contribution in [0.3, 0.4) is 0 Å². The number of carbonyl (C=O) groups excluding carboxylic acids is 2. The number of nitrogens with one attached hydrogen (secondary N) is 2. The summed E-state index contributed by atoms with van der Waals surface area (Å²) in [6, 6.07) is 2.04. The number of nitrogens with zero attached hydrogens (tertiary/aromatic N) is 10.